The number of carbonyl (C=O) groups excluding carboxylic acids is 3. The number of rotatable bonds is 4. The molecule has 1 saturated heterocycles. The van der Waals surface area contributed by atoms with Crippen molar-refractivity contribution in [1.29, 1.82) is 0 Å². The summed E-state index contributed by atoms with van der Waals surface area (Å²) >= 11 is 0. The summed E-state index contributed by atoms with van der Waals surface area (Å²) in [6.45, 7) is 0.430. The zero-order valence-corrected chi connectivity index (χ0v) is 12.1. The number of carbonyl (C=O) groups is 3. The lowest BCUT2D eigenvalue weighted by atomic mass is 9.96. The van der Waals surface area contributed by atoms with Gasteiger partial charge in [-0.25, -0.2) is 4.79 Å². The van der Waals surface area contributed by atoms with Gasteiger partial charge in [-0.15, -0.1) is 0 Å². The van der Waals surface area contributed by atoms with E-state index < -0.39 is 23.8 Å². The molecule has 1 aliphatic heterocycles. The Kier molecular flexibility index (Phi) is 4.05. The molecule has 0 saturated carbocycles. The van der Waals surface area contributed by atoms with Crippen molar-refractivity contribution in [3.05, 3.63) is 65.7 Å². The molecule has 0 aromatic heterocycles. The maximum absolute atomic E-state index is 11.8. The van der Waals surface area contributed by atoms with Gasteiger partial charge < -0.3 is 4.74 Å². The fourth-order valence-corrected chi connectivity index (χ4v) is 2.32. The topological polar surface area (TPSA) is 84.5 Å². The number of amides is 4. The second kappa shape index (κ2) is 6.31. The van der Waals surface area contributed by atoms with Gasteiger partial charge in [0, 0.05) is 0 Å². The Morgan fingerprint density at radius 3 is 2.04 bits per heavy atom. The number of benzene rings is 2. The Balaban J connectivity index is 1.68. The van der Waals surface area contributed by atoms with Gasteiger partial charge in [-0.2, -0.15) is 0 Å². The standard InChI is InChI=1S/C17H14N2O4/c20-15-14(16(21)19-17(22)18-15)12-6-8-13(9-7-12)23-10-11-4-2-1-3-5-11/h1-9,14H,10H2,(H2,18,19,20,21,22). The number of urea groups is 1. The van der Waals surface area contributed by atoms with E-state index in [-0.39, 0.29) is 0 Å². The lowest BCUT2D eigenvalue weighted by molar-refractivity contribution is -0.132. The maximum atomic E-state index is 11.8. The van der Waals surface area contributed by atoms with E-state index in [1.54, 1.807) is 24.3 Å². The van der Waals surface area contributed by atoms with Gasteiger partial charge in [0.25, 0.3) is 0 Å². The summed E-state index contributed by atoms with van der Waals surface area (Å²) in [5.74, 6) is -1.66. The van der Waals surface area contributed by atoms with E-state index in [1.807, 2.05) is 30.3 Å². The van der Waals surface area contributed by atoms with Crippen molar-refractivity contribution >= 4 is 17.8 Å². The summed E-state index contributed by atoms with van der Waals surface area (Å²) in [5, 5.41) is 4.16. The number of hydrogen-bond donors (Lipinski definition) is 2. The monoisotopic (exact) mass is 310 g/mol. The Morgan fingerprint density at radius 2 is 1.43 bits per heavy atom. The molecule has 2 N–H and O–H groups in total. The first-order chi connectivity index (χ1) is 11.1. The van der Waals surface area contributed by atoms with E-state index in [2.05, 4.69) is 10.6 Å². The molecule has 2 aromatic carbocycles. The summed E-state index contributed by atoms with van der Waals surface area (Å²) in [6, 6.07) is 15.6. The van der Waals surface area contributed by atoms with Crippen LogP contribution >= 0.6 is 0 Å². The molecule has 23 heavy (non-hydrogen) atoms. The van der Waals surface area contributed by atoms with Crippen LogP contribution in [-0.2, 0) is 16.2 Å². The van der Waals surface area contributed by atoms with Crippen molar-refractivity contribution < 1.29 is 19.1 Å². The third kappa shape index (κ3) is 3.37. The zero-order chi connectivity index (χ0) is 16.2. The van der Waals surface area contributed by atoms with Crippen molar-refractivity contribution in [1.82, 2.24) is 10.6 Å². The Bertz CT molecular complexity index is 721. The van der Waals surface area contributed by atoms with Crippen LogP contribution in [0.15, 0.2) is 54.6 Å². The molecule has 1 aliphatic rings. The second-order valence-electron chi connectivity index (χ2n) is 5.08. The number of imide groups is 2. The molecule has 2 aromatic rings. The van der Waals surface area contributed by atoms with Crippen molar-refractivity contribution in [2.24, 2.45) is 0 Å². The van der Waals surface area contributed by atoms with Crippen molar-refractivity contribution in [3.8, 4) is 5.75 Å². The molecule has 1 heterocycles. The van der Waals surface area contributed by atoms with Gasteiger partial charge in [-0.05, 0) is 23.3 Å². The zero-order valence-electron chi connectivity index (χ0n) is 12.1. The number of nitrogens with one attached hydrogen (secondary N) is 2. The molecular weight excluding hydrogens is 296 g/mol. The molecule has 6 heteroatoms. The number of ether oxygens (including phenoxy) is 1. The van der Waals surface area contributed by atoms with Gasteiger partial charge in [0.2, 0.25) is 11.8 Å². The molecule has 0 radical (unpaired) electrons. The fraction of sp³-hybridized carbons (Fsp3) is 0.118. The van der Waals surface area contributed by atoms with Crippen LogP contribution in [0, 0.1) is 0 Å². The molecule has 0 unspecified atom stereocenters. The first-order valence-corrected chi connectivity index (χ1v) is 7.06. The Morgan fingerprint density at radius 1 is 0.826 bits per heavy atom. The molecule has 4 amide bonds. The molecular formula is C17H14N2O4. The molecule has 6 nitrogen and oxygen atoms in total. The smallest absolute Gasteiger partial charge is 0.328 e. The number of hydrogen-bond acceptors (Lipinski definition) is 4. The lowest BCUT2D eigenvalue weighted by Gasteiger charge is -2.20. The highest BCUT2D eigenvalue weighted by Gasteiger charge is 2.35. The summed E-state index contributed by atoms with van der Waals surface area (Å²) in [7, 11) is 0. The van der Waals surface area contributed by atoms with Gasteiger partial charge in [0.15, 0.2) is 0 Å². The first kappa shape index (κ1) is 14.8. The van der Waals surface area contributed by atoms with Crippen LogP contribution in [0.5, 0.6) is 5.75 Å². The minimum Gasteiger partial charge on any atom is -0.489 e. The molecule has 0 aliphatic carbocycles. The summed E-state index contributed by atoms with van der Waals surface area (Å²) < 4.78 is 5.65. The average Bonchev–Trinajstić information content (AvgIpc) is 2.54. The van der Waals surface area contributed by atoms with Crippen LogP contribution < -0.4 is 15.4 Å². The van der Waals surface area contributed by atoms with Gasteiger partial charge in [-0.1, -0.05) is 42.5 Å². The Labute approximate surface area is 132 Å². The number of barbiturate groups is 1. The van der Waals surface area contributed by atoms with Crippen LogP contribution in [0.25, 0.3) is 0 Å². The van der Waals surface area contributed by atoms with Crippen LogP contribution in [0.4, 0.5) is 4.79 Å². The highest BCUT2D eigenvalue weighted by molar-refractivity contribution is 6.19. The summed E-state index contributed by atoms with van der Waals surface area (Å²) in [6.07, 6.45) is 0. The second-order valence-corrected chi connectivity index (χ2v) is 5.08. The molecule has 0 atom stereocenters. The molecule has 0 spiro atoms. The van der Waals surface area contributed by atoms with E-state index in [1.165, 1.54) is 0 Å². The van der Waals surface area contributed by atoms with Crippen molar-refractivity contribution in [2.45, 2.75) is 12.5 Å². The maximum Gasteiger partial charge on any atom is 0.328 e. The predicted octanol–water partition coefficient (Wildman–Crippen LogP) is 1.72. The molecule has 116 valence electrons. The average molecular weight is 310 g/mol. The van der Waals surface area contributed by atoms with E-state index in [0.29, 0.717) is 17.9 Å². The molecule has 3 rings (SSSR count). The van der Waals surface area contributed by atoms with Crippen LogP contribution in [0.2, 0.25) is 0 Å². The van der Waals surface area contributed by atoms with Crippen LogP contribution in [0.1, 0.15) is 17.0 Å². The van der Waals surface area contributed by atoms with Gasteiger partial charge in [0.05, 0.1) is 0 Å². The van der Waals surface area contributed by atoms with Gasteiger partial charge in [0.1, 0.15) is 18.3 Å². The van der Waals surface area contributed by atoms with Crippen molar-refractivity contribution in [3.63, 3.8) is 0 Å². The highest BCUT2D eigenvalue weighted by Crippen LogP contribution is 2.22. The third-order valence-corrected chi connectivity index (χ3v) is 3.46. The first-order valence-electron chi connectivity index (χ1n) is 7.06. The quantitative estimate of drug-likeness (QED) is 0.842. The fourth-order valence-electron chi connectivity index (χ4n) is 2.32. The highest BCUT2D eigenvalue weighted by atomic mass is 16.5. The van der Waals surface area contributed by atoms with E-state index in [0.717, 1.165) is 5.56 Å². The summed E-state index contributed by atoms with van der Waals surface area (Å²) in [4.78, 5) is 34.6. The largest absolute Gasteiger partial charge is 0.489 e. The molecule has 1 fully saturated rings. The minimum atomic E-state index is -1.03. The third-order valence-electron chi connectivity index (χ3n) is 3.46. The van der Waals surface area contributed by atoms with Crippen molar-refractivity contribution in [2.75, 3.05) is 0 Å². The van der Waals surface area contributed by atoms with E-state index in [4.69, 9.17) is 4.74 Å². The Hall–Kier alpha value is -3.15. The normalized spacial score (nSPS) is 15.0. The van der Waals surface area contributed by atoms with Gasteiger partial charge in [-0.3, -0.25) is 20.2 Å². The summed E-state index contributed by atoms with van der Waals surface area (Å²) in [5.41, 5.74) is 1.54. The van der Waals surface area contributed by atoms with Gasteiger partial charge >= 0.3 is 6.03 Å². The lowest BCUT2D eigenvalue weighted by Crippen LogP contribution is -2.54. The van der Waals surface area contributed by atoms with E-state index >= 15 is 0 Å². The minimum absolute atomic E-state index is 0.430. The predicted molar refractivity (Wildman–Crippen MR) is 81.6 cm³/mol. The van der Waals surface area contributed by atoms with E-state index in [9.17, 15) is 14.4 Å². The van der Waals surface area contributed by atoms with Crippen LogP contribution in [0.3, 0.4) is 0 Å². The molecule has 0 bridgehead atoms. The van der Waals surface area contributed by atoms with Crippen LogP contribution in [-0.4, -0.2) is 17.8 Å². The SMILES string of the molecule is O=C1NC(=O)C(c2ccc(OCc3ccccc3)cc2)C(=O)N1.